The van der Waals surface area contributed by atoms with E-state index in [-0.39, 0.29) is 24.3 Å². The molecule has 2 atom stereocenters. The lowest BCUT2D eigenvalue weighted by Crippen LogP contribution is -2.52. The number of nitrogens with zero attached hydrogens (tertiary/aromatic N) is 4. The van der Waals surface area contributed by atoms with Gasteiger partial charge in [0, 0.05) is 12.2 Å². The molecule has 1 aliphatic rings. The first-order chi connectivity index (χ1) is 18.6. The fourth-order valence-corrected chi connectivity index (χ4v) is 4.98. The highest BCUT2D eigenvalue weighted by atomic mass is 16.5. The molecule has 8 nitrogen and oxygen atoms in total. The maximum Gasteiger partial charge on any atom is 0.247 e. The number of methoxy groups -OCH3 is 1. The van der Waals surface area contributed by atoms with Crippen molar-refractivity contribution < 1.29 is 14.3 Å². The molecule has 0 fully saturated rings. The van der Waals surface area contributed by atoms with E-state index in [4.69, 9.17) is 4.74 Å². The Hall–Kier alpha value is -4.46. The molecule has 194 valence electrons. The largest absolute Gasteiger partial charge is 0.497 e. The Balaban J connectivity index is 1.48. The molecule has 0 radical (unpaired) electrons. The fraction of sp³-hybridized carbons (Fsp3) is 0.267. The number of amides is 2. The van der Waals surface area contributed by atoms with Gasteiger partial charge >= 0.3 is 0 Å². The predicted octanol–water partition coefficient (Wildman–Crippen LogP) is 4.83. The van der Waals surface area contributed by atoms with Crippen LogP contribution in [0.2, 0.25) is 0 Å². The van der Waals surface area contributed by atoms with Crippen molar-refractivity contribution in [2.75, 3.05) is 12.4 Å². The van der Waals surface area contributed by atoms with Crippen molar-refractivity contribution in [2.24, 2.45) is 5.92 Å². The minimum absolute atomic E-state index is 0.0117. The number of carbonyl (C=O) groups is 2. The Morgan fingerprint density at radius 1 is 1.03 bits per heavy atom. The van der Waals surface area contributed by atoms with Crippen LogP contribution in [0.1, 0.15) is 24.8 Å². The molecule has 0 saturated heterocycles. The molecule has 3 aromatic carbocycles. The zero-order chi connectivity index (χ0) is 26.3. The second-order valence-electron chi connectivity index (χ2n) is 9.45. The second kappa shape index (κ2) is 11.7. The van der Waals surface area contributed by atoms with Gasteiger partial charge in [-0.15, -0.1) is 5.10 Å². The number of benzene rings is 3. The molecule has 0 spiro atoms. The highest BCUT2D eigenvalue weighted by molar-refractivity contribution is 5.97. The minimum atomic E-state index is -0.662. The summed E-state index contributed by atoms with van der Waals surface area (Å²) in [6.45, 7) is 0.301. The van der Waals surface area contributed by atoms with Gasteiger partial charge in [-0.1, -0.05) is 59.8 Å². The zero-order valence-corrected chi connectivity index (χ0v) is 21.4. The smallest absolute Gasteiger partial charge is 0.247 e. The van der Waals surface area contributed by atoms with E-state index >= 15 is 0 Å². The summed E-state index contributed by atoms with van der Waals surface area (Å²) < 4.78 is 6.85. The van der Waals surface area contributed by atoms with Crippen LogP contribution in [0.5, 0.6) is 5.75 Å². The van der Waals surface area contributed by atoms with E-state index in [0.717, 1.165) is 35.9 Å². The molecule has 1 heterocycles. The summed E-state index contributed by atoms with van der Waals surface area (Å²) in [4.78, 5) is 29.6. The summed E-state index contributed by atoms with van der Waals surface area (Å²) in [6.07, 6.45) is 6.67. The molecule has 0 saturated carbocycles. The highest BCUT2D eigenvalue weighted by Crippen LogP contribution is 2.28. The average molecular weight is 510 g/mol. The Kier molecular flexibility index (Phi) is 7.78. The van der Waals surface area contributed by atoms with Crippen molar-refractivity contribution in [2.45, 2.75) is 38.4 Å². The molecule has 1 aliphatic carbocycles. The number of anilines is 1. The van der Waals surface area contributed by atoms with Crippen LogP contribution in [0, 0.1) is 5.92 Å². The molecular weight excluding hydrogens is 478 g/mol. The van der Waals surface area contributed by atoms with Crippen molar-refractivity contribution >= 4 is 28.5 Å². The van der Waals surface area contributed by atoms with Crippen molar-refractivity contribution in [3.63, 3.8) is 0 Å². The summed E-state index contributed by atoms with van der Waals surface area (Å²) in [5, 5.41) is 11.5. The van der Waals surface area contributed by atoms with Crippen LogP contribution in [-0.4, -0.2) is 44.9 Å². The van der Waals surface area contributed by atoms with Gasteiger partial charge < -0.3 is 15.0 Å². The lowest BCUT2D eigenvalue weighted by Gasteiger charge is -2.37. The highest BCUT2D eigenvalue weighted by Gasteiger charge is 2.37. The zero-order valence-electron chi connectivity index (χ0n) is 21.4. The molecule has 0 unspecified atom stereocenters. The van der Waals surface area contributed by atoms with Crippen LogP contribution in [0.3, 0.4) is 0 Å². The van der Waals surface area contributed by atoms with Crippen molar-refractivity contribution in [1.82, 2.24) is 19.9 Å². The van der Waals surface area contributed by atoms with Crippen LogP contribution in [0.15, 0.2) is 91.0 Å². The quantitative estimate of drug-likeness (QED) is 0.327. The van der Waals surface area contributed by atoms with Crippen molar-refractivity contribution in [3.05, 3.63) is 96.6 Å². The monoisotopic (exact) mass is 509 g/mol. The molecule has 1 N–H and O–H groups in total. The summed E-state index contributed by atoms with van der Waals surface area (Å²) >= 11 is 0. The molecule has 1 aromatic heterocycles. The summed E-state index contributed by atoms with van der Waals surface area (Å²) in [5.41, 5.74) is 3.11. The van der Waals surface area contributed by atoms with Crippen molar-refractivity contribution in [3.8, 4) is 5.75 Å². The van der Waals surface area contributed by atoms with Crippen LogP contribution < -0.4 is 10.1 Å². The molecule has 8 heteroatoms. The van der Waals surface area contributed by atoms with Gasteiger partial charge in [-0.05, 0) is 67.1 Å². The Morgan fingerprint density at radius 3 is 2.53 bits per heavy atom. The van der Waals surface area contributed by atoms with Crippen LogP contribution in [-0.2, 0) is 22.7 Å². The van der Waals surface area contributed by atoms with Gasteiger partial charge in [0.05, 0.1) is 12.6 Å². The third-order valence-electron chi connectivity index (χ3n) is 6.94. The number of hydrogen-bond acceptors (Lipinski definition) is 5. The van der Waals surface area contributed by atoms with E-state index in [1.807, 2.05) is 54.6 Å². The SMILES string of the molecule is COc1ccc(NC(=O)[C@@H]([C@H]2CC=CCC2)N(Cc2ccccc2)C(=O)Cn2nnc3ccccc32)cc1. The van der Waals surface area contributed by atoms with E-state index in [0.29, 0.717) is 18.0 Å². The van der Waals surface area contributed by atoms with E-state index in [1.165, 1.54) is 0 Å². The molecule has 5 rings (SSSR count). The van der Waals surface area contributed by atoms with Crippen LogP contribution >= 0.6 is 0 Å². The van der Waals surface area contributed by atoms with Gasteiger partial charge in [0.15, 0.2) is 0 Å². The number of aromatic nitrogens is 3. The number of hydrogen-bond donors (Lipinski definition) is 1. The fourth-order valence-electron chi connectivity index (χ4n) is 4.98. The first kappa shape index (κ1) is 25.2. The Morgan fingerprint density at radius 2 is 1.79 bits per heavy atom. The number of nitrogens with one attached hydrogen (secondary N) is 1. The summed E-state index contributed by atoms with van der Waals surface area (Å²) in [6, 6.07) is 23.9. The van der Waals surface area contributed by atoms with Gasteiger partial charge in [0.2, 0.25) is 11.8 Å². The second-order valence-corrected chi connectivity index (χ2v) is 9.45. The average Bonchev–Trinajstić information content (AvgIpc) is 3.37. The minimum Gasteiger partial charge on any atom is -0.497 e. The number of carbonyl (C=O) groups excluding carboxylic acids is 2. The summed E-state index contributed by atoms with van der Waals surface area (Å²) in [5.74, 6) is 0.299. The maximum atomic E-state index is 14.0. The van der Waals surface area contributed by atoms with Crippen LogP contribution in [0.4, 0.5) is 5.69 Å². The third kappa shape index (κ3) is 5.75. The van der Waals surface area contributed by atoms with Crippen LogP contribution in [0.25, 0.3) is 11.0 Å². The Labute approximate surface area is 221 Å². The number of ether oxygens (including phenoxy) is 1. The van der Waals surface area contributed by atoms with Gasteiger partial charge in [0.25, 0.3) is 0 Å². The van der Waals surface area contributed by atoms with Gasteiger partial charge in [-0.2, -0.15) is 0 Å². The van der Waals surface area contributed by atoms with E-state index in [9.17, 15) is 9.59 Å². The topological polar surface area (TPSA) is 89.4 Å². The number of para-hydroxylation sites is 1. The number of fused-ring (bicyclic) bond motifs is 1. The van der Waals surface area contributed by atoms with E-state index < -0.39 is 6.04 Å². The molecule has 38 heavy (non-hydrogen) atoms. The first-order valence-corrected chi connectivity index (χ1v) is 12.8. The standard InChI is InChI=1S/C30H31N5O3/c1-38-25-18-16-24(17-19-25)31-30(37)29(23-12-6-3-7-13-23)34(20-22-10-4-2-5-11-22)28(36)21-35-27-15-9-8-14-26(27)32-33-35/h2-6,8-11,14-19,23,29H,7,12-13,20-21H2,1H3,(H,31,37)/t23-,29+/m0/s1. The molecule has 0 bridgehead atoms. The first-order valence-electron chi connectivity index (χ1n) is 12.8. The van der Waals surface area contributed by atoms with Gasteiger partial charge in [0.1, 0.15) is 23.9 Å². The molecule has 4 aromatic rings. The van der Waals surface area contributed by atoms with E-state index in [1.54, 1.807) is 41.0 Å². The Bertz CT molecular complexity index is 1410. The third-order valence-corrected chi connectivity index (χ3v) is 6.94. The lowest BCUT2D eigenvalue weighted by molar-refractivity contribution is -0.142. The molecule has 2 amide bonds. The van der Waals surface area contributed by atoms with Gasteiger partial charge in [-0.25, -0.2) is 4.68 Å². The number of allylic oxidation sites excluding steroid dienone is 2. The summed E-state index contributed by atoms with van der Waals surface area (Å²) in [7, 11) is 1.60. The van der Waals surface area contributed by atoms with Crippen molar-refractivity contribution in [1.29, 1.82) is 0 Å². The molecular formula is C30H31N5O3. The maximum absolute atomic E-state index is 14.0. The normalized spacial score (nSPS) is 15.7. The predicted molar refractivity (Wildman–Crippen MR) is 146 cm³/mol. The van der Waals surface area contributed by atoms with Gasteiger partial charge in [-0.3, -0.25) is 9.59 Å². The lowest BCUT2D eigenvalue weighted by atomic mass is 9.85. The molecule has 0 aliphatic heterocycles. The van der Waals surface area contributed by atoms with E-state index in [2.05, 4.69) is 27.8 Å². The number of rotatable bonds is 9.